The summed E-state index contributed by atoms with van der Waals surface area (Å²) < 4.78 is 0. The van der Waals surface area contributed by atoms with Crippen LogP contribution in [0.3, 0.4) is 0 Å². The minimum absolute atomic E-state index is 0.237. The number of thioether (sulfide) groups is 1. The van der Waals surface area contributed by atoms with Gasteiger partial charge in [-0.25, -0.2) is 4.98 Å². The van der Waals surface area contributed by atoms with Gasteiger partial charge in [0.2, 0.25) is 0 Å². The highest BCUT2D eigenvalue weighted by atomic mass is 32.2. The van der Waals surface area contributed by atoms with E-state index >= 15 is 0 Å². The van der Waals surface area contributed by atoms with E-state index < -0.39 is 11.2 Å². The van der Waals surface area contributed by atoms with Gasteiger partial charge < -0.3 is 14.9 Å². The van der Waals surface area contributed by atoms with Gasteiger partial charge in [-0.15, -0.1) is 0 Å². The van der Waals surface area contributed by atoms with E-state index in [1.54, 1.807) is 6.92 Å². The number of carbonyl (C=O) groups excluding carboxylic acids is 1. The van der Waals surface area contributed by atoms with Crippen molar-refractivity contribution in [3.8, 4) is 0 Å². The lowest BCUT2D eigenvalue weighted by Gasteiger charge is -2.12. The lowest BCUT2D eigenvalue weighted by atomic mass is 10.1. The Labute approximate surface area is 126 Å². The van der Waals surface area contributed by atoms with Crippen molar-refractivity contribution in [3.05, 3.63) is 57.5 Å². The van der Waals surface area contributed by atoms with Crippen LogP contribution in [0.15, 0.2) is 40.3 Å². The van der Waals surface area contributed by atoms with Crippen LogP contribution in [0.25, 0.3) is 0 Å². The van der Waals surface area contributed by atoms with Gasteiger partial charge in [-0.1, -0.05) is 42.1 Å². The van der Waals surface area contributed by atoms with Gasteiger partial charge in [-0.2, -0.15) is 0 Å². The van der Waals surface area contributed by atoms with E-state index in [1.165, 1.54) is 6.92 Å². The fourth-order valence-corrected chi connectivity index (χ4v) is 2.64. The average molecular weight is 303 g/mol. The van der Waals surface area contributed by atoms with Crippen molar-refractivity contribution in [2.45, 2.75) is 30.7 Å². The summed E-state index contributed by atoms with van der Waals surface area (Å²) in [7, 11) is 0. The maximum absolute atomic E-state index is 12.1. The molecule has 21 heavy (non-hydrogen) atoms. The first-order valence-corrected chi connectivity index (χ1v) is 7.36. The third-order valence-electron chi connectivity index (χ3n) is 3.04. The van der Waals surface area contributed by atoms with Gasteiger partial charge in [0.1, 0.15) is 0 Å². The fourth-order valence-electron chi connectivity index (χ4n) is 1.86. The molecule has 0 bridgehead atoms. The summed E-state index contributed by atoms with van der Waals surface area (Å²) >= 11 is 0.966. The first kappa shape index (κ1) is 15.3. The lowest BCUT2D eigenvalue weighted by molar-refractivity contribution is -0.304. The number of benzene rings is 1. The van der Waals surface area contributed by atoms with Gasteiger partial charge in [0.25, 0.3) is 5.56 Å². The first-order valence-electron chi connectivity index (χ1n) is 6.48. The summed E-state index contributed by atoms with van der Waals surface area (Å²) in [5.74, 6) is -1.19. The standard InChI is InChI=1S/C15H16N2O3S/c1-9-12(8-11-6-4-3-5-7-11)13(18)17-15(16-9)21-10(2)14(19)20/h3-7,10H,8H2,1-2H3,(H,19,20)(H,16,17,18)/p-1/t10-/m1/s1. The van der Waals surface area contributed by atoms with E-state index in [4.69, 9.17) is 0 Å². The molecule has 0 unspecified atom stereocenters. The molecule has 1 aromatic heterocycles. The second kappa shape index (κ2) is 6.58. The highest BCUT2D eigenvalue weighted by molar-refractivity contribution is 8.00. The van der Waals surface area contributed by atoms with E-state index in [-0.39, 0.29) is 5.56 Å². The van der Waals surface area contributed by atoms with Gasteiger partial charge in [0.05, 0.1) is 5.97 Å². The van der Waals surface area contributed by atoms with Gasteiger partial charge in [-0.3, -0.25) is 4.79 Å². The topological polar surface area (TPSA) is 85.9 Å². The number of nitrogens with zero attached hydrogens (tertiary/aromatic N) is 1. The summed E-state index contributed by atoms with van der Waals surface area (Å²) in [6.07, 6.45) is 0.496. The van der Waals surface area contributed by atoms with Crippen molar-refractivity contribution in [1.82, 2.24) is 9.97 Å². The zero-order chi connectivity index (χ0) is 15.4. The minimum atomic E-state index is -1.19. The summed E-state index contributed by atoms with van der Waals surface area (Å²) in [4.78, 5) is 29.8. The number of nitrogens with one attached hydrogen (secondary N) is 1. The normalized spacial score (nSPS) is 12.1. The van der Waals surface area contributed by atoms with E-state index in [1.807, 2.05) is 30.3 Å². The summed E-state index contributed by atoms with van der Waals surface area (Å²) in [6.45, 7) is 3.24. The Morgan fingerprint density at radius 2 is 2.05 bits per heavy atom. The monoisotopic (exact) mass is 303 g/mol. The van der Waals surface area contributed by atoms with Crippen LogP contribution in [-0.2, 0) is 11.2 Å². The second-order valence-electron chi connectivity index (χ2n) is 4.68. The molecule has 2 rings (SSSR count). The van der Waals surface area contributed by atoms with Crippen LogP contribution >= 0.6 is 11.8 Å². The van der Waals surface area contributed by atoms with Crippen LogP contribution in [0, 0.1) is 6.92 Å². The highest BCUT2D eigenvalue weighted by Crippen LogP contribution is 2.19. The Morgan fingerprint density at radius 3 is 2.62 bits per heavy atom. The number of H-pyrrole nitrogens is 1. The van der Waals surface area contributed by atoms with Gasteiger partial charge in [-0.05, 0) is 19.4 Å². The van der Waals surface area contributed by atoms with Crippen LogP contribution in [0.5, 0.6) is 0 Å². The first-order chi connectivity index (χ1) is 9.97. The Hall–Kier alpha value is -2.08. The quantitative estimate of drug-likeness (QED) is 0.655. The summed E-state index contributed by atoms with van der Waals surface area (Å²) in [5.41, 5.74) is 1.98. The summed E-state index contributed by atoms with van der Waals surface area (Å²) in [6, 6.07) is 9.63. The molecule has 6 heteroatoms. The van der Waals surface area contributed by atoms with Gasteiger partial charge >= 0.3 is 0 Å². The van der Waals surface area contributed by atoms with Crippen molar-refractivity contribution in [2.75, 3.05) is 0 Å². The molecule has 0 aliphatic rings. The van der Waals surface area contributed by atoms with E-state index in [2.05, 4.69) is 9.97 Å². The molecule has 1 N–H and O–H groups in total. The number of aromatic amines is 1. The molecule has 0 spiro atoms. The number of carboxylic acid groups (broad SMARTS) is 1. The van der Waals surface area contributed by atoms with E-state index in [9.17, 15) is 14.7 Å². The number of aliphatic carboxylic acids is 1. The zero-order valence-electron chi connectivity index (χ0n) is 11.8. The Morgan fingerprint density at radius 1 is 1.38 bits per heavy atom. The average Bonchev–Trinajstić information content (AvgIpc) is 2.44. The number of rotatable bonds is 5. The van der Waals surface area contributed by atoms with Gasteiger partial charge in [0.15, 0.2) is 5.16 Å². The fraction of sp³-hybridized carbons (Fsp3) is 0.267. The highest BCUT2D eigenvalue weighted by Gasteiger charge is 2.12. The molecule has 1 atom stereocenters. The Bertz CT molecular complexity index is 698. The molecule has 0 fully saturated rings. The van der Waals surface area contributed by atoms with E-state index in [0.29, 0.717) is 22.8 Å². The molecule has 5 nitrogen and oxygen atoms in total. The molecule has 0 aliphatic heterocycles. The smallest absolute Gasteiger partial charge is 0.255 e. The Kier molecular flexibility index (Phi) is 4.80. The molecular formula is C15H15N2O3S-. The SMILES string of the molecule is Cc1nc(S[C@H](C)C(=O)[O-])[nH]c(=O)c1Cc1ccccc1. The molecule has 0 saturated heterocycles. The molecular weight excluding hydrogens is 288 g/mol. The van der Waals surface area contributed by atoms with Crippen LogP contribution in [0.2, 0.25) is 0 Å². The number of aryl methyl sites for hydroxylation is 1. The molecule has 110 valence electrons. The molecule has 1 aromatic carbocycles. The number of carbonyl (C=O) groups is 1. The third kappa shape index (κ3) is 3.95. The summed E-state index contributed by atoms with van der Waals surface area (Å²) in [5, 5.41) is 10.3. The molecule has 0 radical (unpaired) electrons. The molecule has 0 aliphatic carbocycles. The molecule has 0 amide bonds. The minimum Gasteiger partial charge on any atom is -0.549 e. The van der Waals surface area contributed by atoms with Gasteiger partial charge in [0, 0.05) is 22.9 Å². The second-order valence-corrected chi connectivity index (χ2v) is 6.01. The molecule has 0 saturated carbocycles. The van der Waals surface area contributed by atoms with Crippen LogP contribution in [0.1, 0.15) is 23.7 Å². The van der Waals surface area contributed by atoms with Crippen LogP contribution in [0.4, 0.5) is 0 Å². The predicted octanol–water partition coefficient (Wildman–Crippen LogP) is 0.900. The maximum Gasteiger partial charge on any atom is 0.255 e. The number of hydrogen-bond donors (Lipinski definition) is 1. The van der Waals surface area contributed by atoms with Crippen molar-refractivity contribution < 1.29 is 9.90 Å². The Balaban J connectivity index is 2.26. The number of hydrogen-bond acceptors (Lipinski definition) is 5. The molecule has 2 aromatic rings. The third-order valence-corrected chi connectivity index (χ3v) is 4.01. The van der Waals surface area contributed by atoms with Crippen molar-refractivity contribution in [3.63, 3.8) is 0 Å². The van der Waals surface area contributed by atoms with Crippen molar-refractivity contribution in [1.29, 1.82) is 0 Å². The van der Waals surface area contributed by atoms with Crippen molar-refractivity contribution >= 4 is 17.7 Å². The number of carboxylic acids is 1. The van der Waals surface area contributed by atoms with E-state index in [0.717, 1.165) is 17.3 Å². The largest absolute Gasteiger partial charge is 0.549 e. The lowest BCUT2D eigenvalue weighted by Crippen LogP contribution is -2.31. The van der Waals surface area contributed by atoms with Crippen LogP contribution < -0.4 is 10.7 Å². The molecule has 1 heterocycles. The maximum atomic E-state index is 12.1. The van der Waals surface area contributed by atoms with Crippen LogP contribution in [-0.4, -0.2) is 21.2 Å². The van der Waals surface area contributed by atoms with Crippen molar-refractivity contribution in [2.24, 2.45) is 0 Å². The predicted molar refractivity (Wildman–Crippen MR) is 79.2 cm³/mol. The zero-order valence-corrected chi connectivity index (χ0v) is 12.6. The number of aromatic nitrogens is 2.